The first-order valence-corrected chi connectivity index (χ1v) is 6.97. The van der Waals surface area contributed by atoms with Crippen molar-refractivity contribution in [2.75, 3.05) is 6.54 Å². The topological polar surface area (TPSA) is 21.3 Å². The van der Waals surface area contributed by atoms with Gasteiger partial charge >= 0.3 is 0 Å². The second-order valence-corrected chi connectivity index (χ2v) is 4.62. The Kier molecular flexibility index (Phi) is 6.78. The molecule has 0 aromatic heterocycles. The van der Waals surface area contributed by atoms with Crippen LogP contribution in [0.15, 0.2) is 12.1 Å². The first kappa shape index (κ1) is 15.9. The minimum Gasteiger partial charge on any atom is -0.484 e. The third-order valence-corrected chi connectivity index (χ3v) is 3.01. The van der Waals surface area contributed by atoms with Crippen molar-refractivity contribution in [3.8, 4) is 5.75 Å². The molecule has 19 heavy (non-hydrogen) atoms. The van der Waals surface area contributed by atoms with Crippen molar-refractivity contribution in [3.05, 3.63) is 29.3 Å². The quantitative estimate of drug-likeness (QED) is 0.721. The highest BCUT2D eigenvalue weighted by Crippen LogP contribution is 2.25. The van der Waals surface area contributed by atoms with Crippen LogP contribution in [0, 0.1) is 11.6 Å². The Morgan fingerprint density at radius 1 is 1.11 bits per heavy atom. The predicted molar refractivity (Wildman–Crippen MR) is 73.4 cm³/mol. The van der Waals surface area contributed by atoms with Crippen molar-refractivity contribution in [2.24, 2.45) is 0 Å². The average molecular weight is 271 g/mol. The van der Waals surface area contributed by atoms with Crippen LogP contribution in [0.25, 0.3) is 0 Å². The molecule has 0 spiro atoms. The molecule has 0 aliphatic carbocycles. The van der Waals surface area contributed by atoms with Gasteiger partial charge in [0.2, 0.25) is 0 Å². The van der Waals surface area contributed by atoms with Gasteiger partial charge in [0.05, 0.1) is 6.10 Å². The normalized spacial score (nSPS) is 11.1. The van der Waals surface area contributed by atoms with E-state index in [4.69, 9.17) is 4.74 Å². The van der Waals surface area contributed by atoms with E-state index in [1.54, 1.807) is 0 Å². The van der Waals surface area contributed by atoms with Crippen LogP contribution in [0.5, 0.6) is 5.75 Å². The fourth-order valence-electron chi connectivity index (χ4n) is 1.86. The van der Waals surface area contributed by atoms with Gasteiger partial charge in [-0.15, -0.1) is 0 Å². The van der Waals surface area contributed by atoms with Crippen molar-refractivity contribution in [1.82, 2.24) is 5.32 Å². The second-order valence-electron chi connectivity index (χ2n) is 4.62. The lowest BCUT2D eigenvalue weighted by molar-refractivity contribution is 0.175. The lowest BCUT2D eigenvalue weighted by Gasteiger charge is -2.17. The van der Waals surface area contributed by atoms with E-state index in [-0.39, 0.29) is 11.9 Å². The molecule has 0 atom stereocenters. The summed E-state index contributed by atoms with van der Waals surface area (Å²) in [6.07, 6.45) is 2.30. The van der Waals surface area contributed by atoms with Crippen LogP contribution in [0.3, 0.4) is 0 Å². The van der Waals surface area contributed by atoms with Gasteiger partial charge in [-0.3, -0.25) is 0 Å². The van der Waals surface area contributed by atoms with Crippen LogP contribution in [0.2, 0.25) is 0 Å². The number of hydrogen-bond donors (Lipinski definition) is 1. The van der Waals surface area contributed by atoms with E-state index < -0.39 is 11.6 Å². The summed E-state index contributed by atoms with van der Waals surface area (Å²) >= 11 is 0. The molecule has 0 bridgehead atoms. The maximum Gasteiger partial charge on any atom is 0.191 e. The summed E-state index contributed by atoms with van der Waals surface area (Å²) in [7, 11) is 0. The fourth-order valence-corrected chi connectivity index (χ4v) is 1.86. The Morgan fingerprint density at radius 2 is 1.68 bits per heavy atom. The molecule has 0 saturated heterocycles. The maximum atomic E-state index is 13.9. The molecule has 0 fully saturated rings. The number of nitrogens with one attached hydrogen (secondary N) is 1. The first-order valence-electron chi connectivity index (χ1n) is 6.97. The summed E-state index contributed by atoms with van der Waals surface area (Å²) < 4.78 is 33.1. The molecule has 0 saturated carbocycles. The number of halogens is 2. The summed E-state index contributed by atoms with van der Waals surface area (Å²) in [6.45, 7) is 7.21. The molecule has 1 rings (SSSR count). The molecule has 4 heteroatoms. The minimum absolute atomic E-state index is 0.145. The summed E-state index contributed by atoms with van der Waals surface area (Å²) in [5.74, 6) is -1.51. The van der Waals surface area contributed by atoms with Crippen molar-refractivity contribution in [2.45, 2.75) is 52.7 Å². The second kappa shape index (κ2) is 8.10. The molecule has 1 aromatic rings. The Morgan fingerprint density at radius 3 is 2.16 bits per heavy atom. The monoisotopic (exact) mass is 271 g/mol. The van der Waals surface area contributed by atoms with Crippen LogP contribution in [0.4, 0.5) is 8.78 Å². The van der Waals surface area contributed by atoms with Crippen LogP contribution in [0.1, 0.15) is 45.6 Å². The van der Waals surface area contributed by atoms with E-state index >= 15 is 0 Å². The molecular formula is C15H23F2NO. The summed E-state index contributed by atoms with van der Waals surface area (Å²) in [4.78, 5) is 0. The van der Waals surface area contributed by atoms with E-state index in [0.717, 1.165) is 25.8 Å². The molecule has 108 valence electrons. The predicted octanol–water partition coefficient (Wildman–Crippen LogP) is 4.03. The molecule has 0 aliphatic rings. The summed E-state index contributed by atoms with van der Waals surface area (Å²) in [5, 5.41) is 3.11. The molecule has 0 amide bonds. The third kappa shape index (κ3) is 4.78. The van der Waals surface area contributed by atoms with Gasteiger partial charge < -0.3 is 10.1 Å². The lowest BCUT2D eigenvalue weighted by atomic mass is 10.1. The van der Waals surface area contributed by atoms with E-state index in [0.29, 0.717) is 12.1 Å². The van der Waals surface area contributed by atoms with Gasteiger partial charge in [0.25, 0.3) is 0 Å². The molecule has 0 radical (unpaired) electrons. The number of hydrogen-bond acceptors (Lipinski definition) is 2. The Bertz CT molecular complexity index is 369. The first-order chi connectivity index (χ1) is 9.12. The van der Waals surface area contributed by atoms with Gasteiger partial charge in [0, 0.05) is 6.54 Å². The SMILES string of the molecule is CCCNCc1cc(F)c(OC(CC)CC)c(F)c1. The van der Waals surface area contributed by atoms with Crippen LogP contribution in [-0.2, 0) is 6.54 Å². The number of benzene rings is 1. The van der Waals surface area contributed by atoms with Gasteiger partial charge in [-0.05, 0) is 43.5 Å². The van der Waals surface area contributed by atoms with Crippen molar-refractivity contribution in [1.29, 1.82) is 0 Å². The van der Waals surface area contributed by atoms with Crippen molar-refractivity contribution < 1.29 is 13.5 Å². The molecular weight excluding hydrogens is 248 g/mol. The van der Waals surface area contributed by atoms with Gasteiger partial charge in [0.1, 0.15) is 0 Å². The molecule has 2 nitrogen and oxygen atoms in total. The van der Waals surface area contributed by atoms with Crippen molar-refractivity contribution in [3.63, 3.8) is 0 Å². The van der Waals surface area contributed by atoms with Gasteiger partial charge in [-0.2, -0.15) is 0 Å². The fraction of sp³-hybridized carbons (Fsp3) is 0.600. The zero-order valence-corrected chi connectivity index (χ0v) is 11.9. The zero-order chi connectivity index (χ0) is 14.3. The van der Waals surface area contributed by atoms with Gasteiger partial charge in [-0.25, -0.2) is 8.78 Å². The average Bonchev–Trinajstić information content (AvgIpc) is 2.39. The molecule has 0 heterocycles. The largest absolute Gasteiger partial charge is 0.484 e. The highest BCUT2D eigenvalue weighted by atomic mass is 19.1. The van der Waals surface area contributed by atoms with Gasteiger partial charge in [0.15, 0.2) is 17.4 Å². The van der Waals surface area contributed by atoms with Crippen molar-refractivity contribution >= 4 is 0 Å². The van der Waals surface area contributed by atoms with Crippen LogP contribution in [-0.4, -0.2) is 12.6 Å². The lowest BCUT2D eigenvalue weighted by Crippen LogP contribution is -2.17. The van der Waals surface area contributed by atoms with E-state index in [1.165, 1.54) is 12.1 Å². The van der Waals surface area contributed by atoms with E-state index in [2.05, 4.69) is 5.32 Å². The zero-order valence-electron chi connectivity index (χ0n) is 11.9. The Hall–Kier alpha value is -1.16. The highest BCUT2D eigenvalue weighted by Gasteiger charge is 2.16. The smallest absolute Gasteiger partial charge is 0.191 e. The molecule has 0 aliphatic heterocycles. The molecule has 1 aromatic carbocycles. The van der Waals surface area contributed by atoms with Crippen LogP contribution < -0.4 is 10.1 Å². The van der Waals surface area contributed by atoms with Crippen LogP contribution >= 0.6 is 0 Å². The molecule has 0 unspecified atom stereocenters. The molecule has 1 N–H and O–H groups in total. The van der Waals surface area contributed by atoms with E-state index in [1.807, 2.05) is 20.8 Å². The number of ether oxygens (including phenoxy) is 1. The third-order valence-electron chi connectivity index (χ3n) is 3.01. The highest BCUT2D eigenvalue weighted by molar-refractivity contribution is 5.31. The Labute approximate surface area is 114 Å². The maximum absolute atomic E-state index is 13.9. The summed E-state index contributed by atoms with van der Waals surface area (Å²) in [5.41, 5.74) is 0.598. The minimum atomic E-state index is -0.625. The Balaban J connectivity index is 2.79. The number of rotatable bonds is 8. The standard InChI is InChI=1S/C15H23F2NO/c1-4-7-18-10-11-8-13(16)15(14(17)9-11)19-12(5-2)6-3/h8-9,12,18H,4-7,10H2,1-3H3. The summed E-state index contributed by atoms with van der Waals surface area (Å²) in [6, 6.07) is 2.67. The van der Waals surface area contributed by atoms with E-state index in [9.17, 15) is 8.78 Å². The van der Waals surface area contributed by atoms with Gasteiger partial charge in [-0.1, -0.05) is 20.8 Å².